The summed E-state index contributed by atoms with van der Waals surface area (Å²) >= 11 is 7.30. The standard InChI is InChI=1S/C15H11ClF2N2OS/c16-10-7-5-9(6-8-10)13-19-20-14(22-13)11-3-1-2-4-12(11)21-15(17)18/h1-8,13,15,19H. The Hall–Kier alpha value is -1.79. The average molecular weight is 341 g/mol. The summed E-state index contributed by atoms with van der Waals surface area (Å²) in [5.41, 5.74) is 4.53. The van der Waals surface area contributed by atoms with E-state index in [9.17, 15) is 8.78 Å². The van der Waals surface area contributed by atoms with Crippen LogP contribution in [0.4, 0.5) is 8.78 Å². The van der Waals surface area contributed by atoms with E-state index in [0.717, 1.165) is 5.56 Å². The number of alkyl halides is 2. The van der Waals surface area contributed by atoms with E-state index in [2.05, 4.69) is 15.3 Å². The van der Waals surface area contributed by atoms with Crippen LogP contribution in [0.5, 0.6) is 5.75 Å². The van der Waals surface area contributed by atoms with Gasteiger partial charge in [0.15, 0.2) is 0 Å². The van der Waals surface area contributed by atoms with Gasteiger partial charge in [-0.25, -0.2) is 0 Å². The number of hydrogen-bond acceptors (Lipinski definition) is 4. The minimum atomic E-state index is -2.87. The molecule has 7 heteroatoms. The minimum absolute atomic E-state index is 0.0909. The largest absolute Gasteiger partial charge is 0.434 e. The fourth-order valence-electron chi connectivity index (χ4n) is 2.03. The van der Waals surface area contributed by atoms with E-state index in [1.165, 1.54) is 17.8 Å². The number of benzene rings is 2. The lowest BCUT2D eigenvalue weighted by Gasteiger charge is -2.11. The van der Waals surface area contributed by atoms with Crippen molar-refractivity contribution < 1.29 is 13.5 Å². The molecule has 2 aromatic carbocycles. The molecule has 0 aromatic heterocycles. The van der Waals surface area contributed by atoms with Crippen LogP contribution < -0.4 is 10.2 Å². The number of rotatable bonds is 4. The molecule has 1 atom stereocenters. The van der Waals surface area contributed by atoms with Gasteiger partial charge in [-0.1, -0.05) is 47.6 Å². The van der Waals surface area contributed by atoms with Gasteiger partial charge in [0.25, 0.3) is 0 Å². The number of nitrogens with one attached hydrogen (secondary N) is 1. The van der Waals surface area contributed by atoms with Crippen LogP contribution >= 0.6 is 23.4 Å². The number of thioether (sulfide) groups is 1. The third kappa shape index (κ3) is 3.34. The fourth-order valence-corrected chi connectivity index (χ4v) is 3.18. The number of halogens is 3. The molecule has 1 heterocycles. The maximum absolute atomic E-state index is 12.5. The highest BCUT2D eigenvalue weighted by Crippen LogP contribution is 2.37. The molecule has 0 saturated heterocycles. The molecule has 114 valence electrons. The van der Waals surface area contributed by atoms with Gasteiger partial charge in [0.05, 0.1) is 5.56 Å². The Labute approximate surface area is 135 Å². The van der Waals surface area contributed by atoms with Crippen LogP contribution in [0, 0.1) is 0 Å². The zero-order chi connectivity index (χ0) is 15.5. The molecule has 1 unspecified atom stereocenters. The van der Waals surface area contributed by atoms with Crippen LogP contribution in [-0.2, 0) is 0 Å². The van der Waals surface area contributed by atoms with Crippen molar-refractivity contribution in [2.45, 2.75) is 12.0 Å². The fraction of sp³-hybridized carbons (Fsp3) is 0.133. The molecule has 2 aromatic rings. The van der Waals surface area contributed by atoms with Crippen molar-refractivity contribution in [1.82, 2.24) is 5.43 Å². The summed E-state index contributed by atoms with van der Waals surface area (Å²) < 4.78 is 29.5. The van der Waals surface area contributed by atoms with Gasteiger partial charge in [-0.2, -0.15) is 13.9 Å². The maximum atomic E-state index is 12.5. The van der Waals surface area contributed by atoms with Gasteiger partial charge in [-0.15, -0.1) is 0 Å². The van der Waals surface area contributed by atoms with Crippen molar-refractivity contribution in [2.24, 2.45) is 5.10 Å². The summed E-state index contributed by atoms with van der Waals surface area (Å²) in [6, 6.07) is 14.0. The first-order valence-electron chi connectivity index (χ1n) is 6.43. The molecule has 0 aliphatic carbocycles. The van der Waals surface area contributed by atoms with Crippen molar-refractivity contribution in [1.29, 1.82) is 0 Å². The molecule has 3 rings (SSSR count). The van der Waals surface area contributed by atoms with E-state index in [-0.39, 0.29) is 11.1 Å². The molecular formula is C15H11ClF2N2OS. The Kier molecular flexibility index (Phi) is 4.49. The molecule has 1 N–H and O–H groups in total. The second-order valence-electron chi connectivity index (χ2n) is 4.47. The minimum Gasteiger partial charge on any atom is -0.434 e. The maximum Gasteiger partial charge on any atom is 0.387 e. The van der Waals surface area contributed by atoms with E-state index >= 15 is 0 Å². The number of hydrazone groups is 1. The molecule has 1 aliphatic rings. The molecular weight excluding hydrogens is 330 g/mol. The van der Waals surface area contributed by atoms with Crippen LogP contribution in [0.25, 0.3) is 0 Å². The summed E-state index contributed by atoms with van der Waals surface area (Å²) in [4.78, 5) is 0. The third-order valence-corrected chi connectivity index (χ3v) is 4.42. The lowest BCUT2D eigenvalue weighted by molar-refractivity contribution is -0.0499. The smallest absolute Gasteiger partial charge is 0.387 e. The summed E-state index contributed by atoms with van der Waals surface area (Å²) in [7, 11) is 0. The van der Waals surface area contributed by atoms with E-state index in [1.807, 2.05) is 12.1 Å². The van der Waals surface area contributed by atoms with Gasteiger partial charge in [-0.3, -0.25) is 5.43 Å². The highest BCUT2D eigenvalue weighted by Gasteiger charge is 2.24. The van der Waals surface area contributed by atoms with Gasteiger partial charge in [-0.05, 0) is 29.8 Å². The van der Waals surface area contributed by atoms with Crippen LogP contribution in [0.15, 0.2) is 53.6 Å². The lowest BCUT2D eigenvalue weighted by atomic mass is 10.2. The highest BCUT2D eigenvalue weighted by atomic mass is 35.5. The van der Waals surface area contributed by atoms with E-state index in [0.29, 0.717) is 15.6 Å². The molecule has 0 spiro atoms. The lowest BCUT2D eigenvalue weighted by Crippen LogP contribution is -2.06. The summed E-state index contributed by atoms with van der Waals surface area (Å²) in [6.45, 7) is -2.87. The van der Waals surface area contributed by atoms with E-state index in [4.69, 9.17) is 11.6 Å². The zero-order valence-electron chi connectivity index (χ0n) is 11.2. The molecule has 22 heavy (non-hydrogen) atoms. The van der Waals surface area contributed by atoms with Gasteiger partial charge in [0.2, 0.25) is 0 Å². The summed E-state index contributed by atoms with van der Waals surface area (Å²) in [5.74, 6) is 0.113. The highest BCUT2D eigenvalue weighted by molar-refractivity contribution is 8.14. The Morgan fingerprint density at radius 2 is 1.86 bits per heavy atom. The van der Waals surface area contributed by atoms with Crippen molar-refractivity contribution in [3.05, 3.63) is 64.7 Å². The van der Waals surface area contributed by atoms with Crippen molar-refractivity contribution >= 4 is 28.4 Å². The zero-order valence-corrected chi connectivity index (χ0v) is 12.7. The van der Waals surface area contributed by atoms with Crippen molar-refractivity contribution in [3.8, 4) is 5.75 Å². The Balaban J connectivity index is 1.79. The molecule has 0 fully saturated rings. The number of nitrogens with zero attached hydrogens (tertiary/aromatic N) is 1. The molecule has 3 nitrogen and oxygen atoms in total. The molecule has 0 radical (unpaired) electrons. The first kappa shape index (κ1) is 15.1. The second-order valence-corrected chi connectivity index (χ2v) is 6.00. The molecule has 0 amide bonds. The number of ether oxygens (including phenoxy) is 1. The van der Waals surface area contributed by atoms with Crippen LogP contribution in [-0.4, -0.2) is 11.7 Å². The topological polar surface area (TPSA) is 33.6 Å². The molecule has 0 bridgehead atoms. The van der Waals surface area contributed by atoms with Gasteiger partial charge in [0.1, 0.15) is 16.2 Å². The van der Waals surface area contributed by atoms with Crippen LogP contribution in [0.2, 0.25) is 5.02 Å². The van der Waals surface area contributed by atoms with E-state index in [1.54, 1.807) is 30.3 Å². The first-order valence-corrected chi connectivity index (χ1v) is 7.69. The van der Waals surface area contributed by atoms with Gasteiger partial charge in [0, 0.05) is 5.02 Å². The first-order chi connectivity index (χ1) is 10.6. The monoisotopic (exact) mass is 340 g/mol. The Morgan fingerprint density at radius 1 is 1.14 bits per heavy atom. The molecule has 1 aliphatic heterocycles. The van der Waals surface area contributed by atoms with Crippen molar-refractivity contribution in [2.75, 3.05) is 0 Å². The van der Waals surface area contributed by atoms with E-state index < -0.39 is 6.61 Å². The molecule has 0 saturated carbocycles. The SMILES string of the molecule is FC(F)Oc1ccccc1C1=NNC(c2ccc(Cl)cc2)S1. The quantitative estimate of drug-likeness (QED) is 0.880. The van der Waals surface area contributed by atoms with Crippen LogP contribution in [0.1, 0.15) is 16.5 Å². The summed E-state index contributed by atoms with van der Waals surface area (Å²) in [5, 5.41) is 5.40. The number of para-hydroxylation sites is 1. The van der Waals surface area contributed by atoms with Crippen molar-refractivity contribution in [3.63, 3.8) is 0 Å². The predicted molar refractivity (Wildman–Crippen MR) is 84.5 cm³/mol. The second kappa shape index (κ2) is 6.54. The Morgan fingerprint density at radius 3 is 2.59 bits per heavy atom. The predicted octanol–water partition coefficient (Wildman–Crippen LogP) is 4.64. The van der Waals surface area contributed by atoms with Gasteiger partial charge < -0.3 is 4.74 Å². The average Bonchev–Trinajstić information content (AvgIpc) is 2.97. The third-order valence-electron chi connectivity index (χ3n) is 3.02. The van der Waals surface area contributed by atoms with Gasteiger partial charge >= 0.3 is 6.61 Å². The summed E-state index contributed by atoms with van der Waals surface area (Å²) in [6.07, 6.45) is 0. The number of hydrogen-bond donors (Lipinski definition) is 1. The normalized spacial score (nSPS) is 17.3. The Bertz CT molecular complexity index is 694. The van der Waals surface area contributed by atoms with Crippen LogP contribution in [0.3, 0.4) is 0 Å².